The first kappa shape index (κ1) is 26.2. The summed E-state index contributed by atoms with van der Waals surface area (Å²) in [7, 11) is -1.44. The summed E-state index contributed by atoms with van der Waals surface area (Å²) < 4.78 is 23.7. The van der Waals surface area contributed by atoms with Crippen LogP contribution in [0.3, 0.4) is 0 Å². The van der Waals surface area contributed by atoms with Crippen molar-refractivity contribution in [2.75, 3.05) is 25.9 Å². The third kappa shape index (κ3) is 7.25. The van der Waals surface area contributed by atoms with Gasteiger partial charge in [0.2, 0.25) is 0 Å². The Morgan fingerprint density at radius 2 is 1.59 bits per heavy atom. The number of sulfone groups is 1. The molecule has 0 bridgehead atoms. The van der Waals surface area contributed by atoms with Crippen molar-refractivity contribution in [3.05, 3.63) is 35.9 Å². The molecule has 0 saturated carbocycles. The highest BCUT2D eigenvalue weighted by atomic mass is 127. The van der Waals surface area contributed by atoms with E-state index in [2.05, 4.69) is 53.7 Å². The first-order chi connectivity index (χ1) is 12.1. The minimum absolute atomic E-state index is 0. The van der Waals surface area contributed by atoms with Crippen molar-refractivity contribution in [1.29, 1.82) is 0 Å². The quantitative estimate of drug-likeness (QED) is 0.318. The second kappa shape index (κ2) is 11.2. The fraction of sp³-hybridized carbons (Fsp3) is 0.650. The maximum Gasteiger partial charge on any atom is 0.191 e. The van der Waals surface area contributed by atoms with Gasteiger partial charge in [0.25, 0.3) is 0 Å². The summed E-state index contributed by atoms with van der Waals surface area (Å²) in [5, 5.41) is 6.51. The van der Waals surface area contributed by atoms with Crippen molar-refractivity contribution in [3.63, 3.8) is 0 Å². The van der Waals surface area contributed by atoms with E-state index in [1.165, 1.54) is 5.56 Å². The lowest BCUT2D eigenvalue weighted by molar-refractivity contribution is 0.389. The summed E-state index contributed by atoms with van der Waals surface area (Å²) in [6, 6.07) is 10.5. The number of halogens is 1. The van der Waals surface area contributed by atoms with Crippen LogP contribution >= 0.6 is 24.0 Å². The Hall–Kier alpha value is -0.830. The van der Waals surface area contributed by atoms with E-state index < -0.39 is 14.6 Å². The Morgan fingerprint density at radius 1 is 1.04 bits per heavy atom. The predicted molar refractivity (Wildman–Crippen MR) is 127 cm³/mol. The molecule has 0 fully saturated rings. The molecule has 0 saturated heterocycles. The Labute approximate surface area is 182 Å². The third-order valence-electron chi connectivity index (χ3n) is 5.15. The predicted octanol–water partition coefficient (Wildman–Crippen LogP) is 3.74. The number of nitrogens with zero attached hydrogens (tertiary/aromatic N) is 1. The van der Waals surface area contributed by atoms with Crippen LogP contribution in [0.5, 0.6) is 0 Å². The topological polar surface area (TPSA) is 70.6 Å². The fourth-order valence-electron chi connectivity index (χ4n) is 2.89. The maximum absolute atomic E-state index is 12.2. The van der Waals surface area contributed by atoms with Gasteiger partial charge in [0.05, 0.1) is 10.5 Å². The van der Waals surface area contributed by atoms with Gasteiger partial charge in [-0.2, -0.15) is 0 Å². The minimum Gasteiger partial charge on any atom is -0.356 e. The molecule has 27 heavy (non-hydrogen) atoms. The molecule has 1 aromatic rings. The Balaban J connectivity index is 0.00000676. The molecule has 0 aliphatic rings. The Kier molecular flexibility index (Phi) is 10.9. The van der Waals surface area contributed by atoms with E-state index in [1.54, 1.807) is 27.8 Å². The molecule has 0 aromatic heterocycles. The summed E-state index contributed by atoms with van der Waals surface area (Å²) in [4.78, 5) is 4.23. The molecular formula is C20H36IN3O2S. The van der Waals surface area contributed by atoms with Crippen molar-refractivity contribution in [2.45, 2.75) is 57.6 Å². The van der Waals surface area contributed by atoms with Crippen LogP contribution in [-0.2, 0) is 15.3 Å². The van der Waals surface area contributed by atoms with Gasteiger partial charge in [-0.05, 0) is 39.2 Å². The molecule has 1 rings (SSSR count). The van der Waals surface area contributed by atoms with E-state index in [9.17, 15) is 8.42 Å². The monoisotopic (exact) mass is 509 g/mol. The lowest BCUT2D eigenvalue weighted by atomic mass is 9.76. The number of rotatable bonds is 8. The highest BCUT2D eigenvalue weighted by molar-refractivity contribution is 14.0. The van der Waals surface area contributed by atoms with Gasteiger partial charge < -0.3 is 10.6 Å². The van der Waals surface area contributed by atoms with Crippen LogP contribution in [0.4, 0.5) is 0 Å². The zero-order valence-electron chi connectivity index (χ0n) is 17.5. The molecule has 0 atom stereocenters. The van der Waals surface area contributed by atoms with Gasteiger partial charge in [0.1, 0.15) is 0 Å². The standard InChI is InChI=1S/C20H35N3O2S.HI/c1-7-20(8-2,17-12-10-9-11-13-17)16-23-18(21-6)22-14-15-26(24,25)19(3,4)5;/h9-13H,7-8,14-16H2,1-6H3,(H2,21,22,23);1H. The van der Waals surface area contributed by atoms with Gasteiger partial charge in [-0.25, -0.2) is 8.42 Å². The smallest absolute Gasteiger partial charge is 0.191 e. The Bertz CT molecular complexity index is 679. The molecule has 2 N–H and O–H groups in total. The molecule has 156 valence electrons. The average Bonchev–Trinajstić information content (AvgIpc) is 2.61. The summed E-state index contributed by atoms with van der Waals surface area (Å²) in [5.74, 6) is 0.721. The molecule has 0 radical (unpaired) electrons. The molecule has 1 aromatic carbocycles. The van der Waals surface area contributed by atoms with Gasteiger partial charge in [-0.1, -0.05) is 44.2 Å². The van der Waals surface area contributed by atoms with Crippen LogP contribution < -0.4 is 10.6 Å². The van der Waals surface area contributed by atoms with E-state index in [0.717, 1.165) is 19.4 Å². The number of hydrogen-bond donors (Lipinski definition) is 2. The SMILES string of the molecule is CCC(CC)(CNC(=NC)NCCS(=O)(=O)C(C)(C)C)c1ccccc1.I. The van der Waals surface area contributed by atoms with Crippen LogP contribution in [0.25, 0.3) is 0 Å². The molecule has 0 heterocycles. The van der Waals surface area contributed by atoms with Gasteiger partial charge in [-0.15, -0.1) is 24.0 Å². The number of hydrogen-bond acceptors (Lipinski definition) is 3. The van der Waals surface area contributed by atoms with Crippen LogP contribution in [0.2, 0.25) is 0 Å². The first-order valence-corrected chi connectivity index (χ1v) is 11.0. The summed E-state index contributed by atoms with van der Waals surface area (Å²) >= 11 is 0. The van der Waals surface area contributed by atoms with E-state index in [0.29, 0.717) is 12.5 Å². The molecular weight excluding hydrogens is 473 g/mol. The summed E-state index contributed by atoms with van der Waals surface area (Å²) in [6.07, 6.45) is 2.02. The van der Waals surface area contributed by atoms with Crippen molar-refractivity contribution < 1.29 is 8.42 Å². The zero-order valence-corrected chi connectivity index (χ0v) is 20.6. The minimum atomic E-state index is -3.14. The number of guanidine groups is 1. The third-order valence-corrected chi connectivity index (χ3v) is 7.76. The van der Waals surface area contributed by atoms with Gasteiger partial charge in [-0.3, -0.25) is 4.99 Å². The van der Waals surface area contributed by atoms with Gasteiger partial charge in [0, 0.05) is 25.6 Å². The molecule has 0 spiro atoms. The zero-order chi connectivity index (χ0) is 19.8. The first-order valence-electron chi connectivity index (χ1n) is 9.34. The average molecular weight is 509 g/mol. The van der Waals surface area contributed by atoms with Crippen molar-refractivity contribution in [3.8, 4) is 0 Å². The van der Waals surface area contributed by atoms with Crippen molar-refractivity contribution in [2.24, 2.45) is 4.99 Å². The highest BCUT2D eigenvalue weighted by Gasteiger charge is 2.29. The molecule has 0 aliphatic carbocycles. The van der Waals surface area contributed by atoms with Crippen molar-refractivity contribution in [1.82, 2.24) is 10.6 Å². The molecule has 0 unspecified atom stereocenters. The largest absolute Gasteiger partial charge is 0.356 e. The normalized spacial score (nSPS) is 13.0. The van der Waals surface area contributed by atoms with Crippen LogP contribution in [0.15, 0.2) is 35.3 Å². The second-order valence-corrected chi connectivity index (χ2v) is 10.5. The molecule has 0 aliphatic heterocycles. The molecule has 0 amide bonds. The lowest BCUT2D eigenvalue weighted by Crippen LogP contribution is -2.47. The van der Waals surface area contributed by atoms with E-state index in [-0.39, 0.29) is 35.1 Å². The number of benzene rings is 1. The fourth-order valence-corrected chi connectivity index (χ4v) is 3.87. The van der Waals surface area contributed by atoms with E-state index in [1.807, 2.05) is 6.07 Å². The van der Waals surface area contributed by atoms with Gasteiger partial charge >= 0.3 is 0 Å². The van der Waals surface area contributed by atoms with Crippen LogP contribution in [-0.4, -0.2) is 45.0 Å². The highest BCUT2D eigenvalue weighted by Crippen LogP contribution is 2.30. The van der Waals surface area contributed by atoms with Crippen molar-refractivity contribution >= 4 is 39.8 Å². The molecule has 5 nitrogen and oxygen atoms in total. The van der Waals surface area contributed by atoms with E-state index >= 15 is 0 Å². The lowest BCUT2D eigenvalue weighted by Gasteiger charge is -2.33. The molecule has 7 heteroatoms. The van der Waals surface area contributed by atoms with Crippen LogP contribution in [0, 0.1) is 0 Å². The maximum atomic E-state index is 12.2. The van der Waals surface area contributed by atoms with Crippen LogP contribution in [0.1, 0.15) is 53.0 Å². The van der Waals surface area contributed by atoms with Gasteiger partial charge in [0.15, 0.2) is 15.8 Å². The Morgan fingerprint density at radius 3 is 2.04 bits per heavy atom. The summed E-state index contributed by atoms with van der Waals surface area (Å²) in [6.45, 7) is 10.7. The van der Waals surface area contributed by atoms with E-state index in [4.69, 9.17) is 0 Å². The number of nitrogens with one attached hydrogen (secondary N) is 2. The number of aliphatic imine (C=N–C) groups is 1. The second-order valence-electron chi connectivity index (χ2n) is 7.64. The summed E-state index contributed by atoms with van der Waals surface area (Å²) in [5.41, 5.74) is 1.33.